The first-order chi connectivity index (χ1) is 10.0. The van der Waals surface area contributed by atoms with Crippen molar-refractivity contribution in [3.63, 3.8) is 0 Å². The summed E-state index contributed by atoms with van der Waals surface area (Å²) in [5.74, 6) is -1.18. The van der Waals surface area contributed by atoms with E-state index in [0.29, 0.717) is 5.75 Å². The van der Waals surface area contributed by atoms with Crippen molar-refractivity contribution < 1.29 is 29.3 Å². The number of carboxylic acids is 2. The molecule has 21 heavy (non-hydrogen) atoms. The van der Waals surface area contributed by atoms with Crippen LogP contribution >= 0.6 is 0 Å². The highest BCUT2D eigenvalue weighted by molar-refractivity contribution is 5.68. The Morgan fingerprint density at radius 1 is 1.10 bits per heavy atom. The van der Waals surface area contributed by atoms with Crippen molar-refractivity contribution in [3.8, 4) is 5.75 Å². The number of hydrogen-bond acceptors (Lipinski definition) is 4. The van der Waals surface area contributed by atoms with E-state index in [1.54, 1.807) is 12.1 Å². The lowest BCUT2D eigenvalue weighted by molar-refractivity contribution is -0.142. The average Bonchev–Trinajstić information content (AvgIpc) is 2.44. The molecule has 0 heterocycles. The zero-order valence-corrected chi connectivity index (χ0v) is 11.9. The van der Waals surface area contributed by atoms with Crippen LogP contribution in [-0.4, -0.2) is 42.0 Å². The maximum absolute atomic E-state index is 10.8. The molecule has 0 amide bonds. The van der Waals surface area contributed by atoms with E-state index >= 15 is 0 Å². The minimum Gasteiger partial charge on any atom is -0.491 e. The summed E-state index contributed by atoms with van der Waals surface area (Å²) in [6, 6.07) is 7.25. The summed E-state index contributed by atoms with van der Waals surface area (Å²) in [5.41, 5.74) is 0.967. The number of carboxylic acid groups (broad SMARTS) is 2. The van der Waals surface area contributed by atoms with Crippen molar-refractivity contribution in [2.75, 3.05) is 19.8 Å². The van der Waals surface area contributed by atoms with E-state index in [1.807, 2.05) is 19.1 Å². The summed E-state index contributed by atoms with van der Waals surface area (Å²) >= 11 is 0. The third-order valence-electron chi connectivity index (χ3n) is 2.99. The van der Waals surface area contributed by atoms with E-state index in [1.165, 1.54) is 0 Å². The van der Waals surface area contributed by atoms with E-state index < -0.39 is 11.9 Å². The molecule has 0 fully saturated rings. The maximum Gasteiger partial charge on any atom is 0.329 e. The van der Waals surface area contributed by atoms with Crippen LogP contribution in [0.2, 0.25) is 0 Å². The Kier molecular flexibility index (Phi) is 7.25. The number of carbonyl (C=O) groups is 2. The maximum atomic E-state index is 10.8. The molecule has 2 N–H and O–H groups in total. The molecule has 0 saturated heterocycles. The van der Waals surface area contributed by atoms with Gasteiger partial charge in [-0.2, -0.15) is 0 Å². The highest BCUT2D eigenvalue weighted by Gasteiger charge is 2.13. The van der Waals surface area contributed by atoms with Gasteiger partial charge in [0.1, 0.15) is 19.0 Å². The molecule has 6 nitrogen and oxygen atoms in total. The van der Waals surface area contributed by atoms with Crippen molar-refractivity contribution >= 4 is 11.9 Å². The van der Waals surface area contributed by atoms with Gasteiger partial charge in [0.05, 0.1) is 13.0 Å². The van der Waals surface area contributed by atoms with Crippen molar-refractivity contribution in [1.29, 1.82) is 0 Å². The van der Waals surface area contributed by atoms with Crippen LogP contribution < -0.4 is 4.74 Å². The van der Waals surface area contributed by atoms with Gasteiger partial charge in [-0.1, -0.05) is 19.1 Å². The summed E-state index contributed by atoms with van der Waals surface area (Å²) in [5, 5.41) is 17.2. The molecule has 0 saturated carbocycles. The van der Waals surface area contributed by atoms with Gasteiger partial charge in [-0.25, -0.2) is 4.79 Å². The second kappa shape index (κ2) is 8.97. The molecule has 0 aliphatic rings. The van der Waals surface area contributed by atoms with E-state index in [0.717, 1.165) is 12.0 Å². The summed E-state index contributed by atoms with van der Waals surface area (Å²) in [4.78, 5) is 21.0. The van der Waals surface area contributed by atoms with Crippen molar-refractivity contribution in [2.45, 2.75) is 25.7 Å². The van der Waals surface area contributed by atoms with Gasteiger partial charge in [0.25, 0.3) is 0 Å². The van der Waals surface area contributed by atoms with E-state index in [2.05, 4.69) is 0 Å². The summed E-state index contributed by atoms with van der Waals surface area (Å²) in [7, 11) is 0. The summed E-state index contributed by atoms with van der Waals surface area (Å²) in [6.45, 7) is 2.08. The number of ether oxygens (including phenoxy) is 2. The average molecular weight is 296 g/mol. The van der Waals surface area contributed by atoms with Gasteiger partial charge >= 0.3 is 11.9 Å². The molecule has 0 spiro atoms. The lowest BCUT2D eigenvalue weighted by atomic mass is 9.93. The topological polar surface area (TPSA) is 93.1 Å². The molecular weight excluding hydrogens is 276 g/mol. The Morgan fingerprint density at radius 2 is 1.76 bits per heavy atom. The molecule has 1 aromatic carbocycles. The van der Waals surface area contributed by atoms with Gasteiger partial charge in [-0.3, -0.25) is 4.79 Å². The first kappa shape index (κ1) is 17.0. The van der Waals surface area contributed by atoms with Crippen molar-refractivity contribution in [2.24, 2.45) is 0 Å². The van der Waals surface area contributed by atoms with Crippen LogP contribution in [0.25, 0.3) is 0 Å². The first-order valence-electron chi connectivity index (χ1n) is 6.77. The molecule has 0 bridgehead atoms. The van der Waals surface area contributed by atoms with Gasteiger partial charge < -0.3 is 19.7 Å². The largest absolute Gasteiger partial charge is 0.491 e. The quantitative estimate of drug-likeness (QED) is 0.642. The molecule has 1 rings (SSSR count). The summed E-state index contributed by atoms with van der Waals surface area (Å²) in [6.07, 6.45) is 0.870. The molecule has 6 heteroatoms. The number of aliphatic carboxylic acids is 2. The van der Waals surface area contributed by atoms with Gasteiger partial charge in [0.2, 0.25) is 0 Å². The lowest BCUT2D eigenvalue weighted by Gasteiger charge is -2.13. The van der Waals surface area contributed by atoms with Gasteiger partial charge in [0.15, 0.2) is 0 Å². The summed E-state index contributed by atoms with van der Waals surface area (Å²) < 4.78 is 10.3. The Bertz CT molecular complexity index is 454. The van der Waals surface area contributed by atoms with Gasteiger partial charge in [0, 0.05) is 0 Å². The minimum absolute atomic E-state index is 0.00421. The molecule has 1 atom stereocenters. The molecular formula is C15H20O6. The zero-order valence-electron chi connectivity index (χ0n) is 11.9. The van der Waals surface area contributed by atoms with Crippen LogP contribution in [0.4, 0.5) is 0 Å². The number of rotatable bonds is 10. The van der Waals surface area contributed by atoms with Crippen molar-refractivity contribution in [3.05, 3.63) is 29.8 Å². The smallest absolute Gasteiger partial charge is 0.329 e. The lowest BCUT2D eigenvalue weighted by Crippen LogP contribution is -2.12. The SMILES string of the molecule is CCC(CC(=O)O)c1ccc(OCCOCC(=O)O)cc1. The second-order valence-electron chi connectivity index (χ2n) is 4.57. The Balaban J connectivity index is 2.42. The van der Waals surface area contributed by atoms with Crippen LogP contribution in [-0.2, 0) is 14.3 Å². The first-order valence-corrected chi connectivity index (χ1v) is 6.77. The van der Waals surface area contributed by atoms with Gasteiger partial charge in [-0.05, 0) is 30.0 Å². The van der Waals surface area contributed by atoms with E-state index in [-0.39, 0.29) is 32.2 Å². The van der Waals surface area contributed by atoms with Gasteiger partial charge in [-0.15, -0.1) is 0 Å². The molecule has 0 aliphatic heterocycles. The van der Waals surface area contributed by atoms with Crippen LogP contribution in [0.1, 0.15) is 31.2 Å². The fraction of sp³-hybridized carbons (Fsp3) is 0.467. The third-order valence-corrected chi connectivity index (χ3v) is 2.99. The normalized spacial score (nSPS) is 11.9. The molecule has 0 aliphatic carbocycles. The van der Waals surface area contributed by atoms with E-state index in [9.17, 15) is 9.59 Å². The third kappa shape index (κ3) is 6.76. The van der Waals surface area contributed by atoms with E-state index in [4.69, 9.17) is 19.7 Å². The Labute approximate surface area is 123 Å². The van der Waals surface area contributed by atoms with Crippen molar-refractivity contribution in [1.82, 2.24) is 0 Å². The fourth-order valence-electron chi connectivity index (χ4n) is 1.92. The standard InChI is InChI=1S/C15H20O6/c1-2-11(9-14(16)17)12-3-5-13(6-4-12)21-8-7-20-10-15(18)19/h3-6,11H,2,7-10H2,1H3,(H,16,17)(H,18,19). The molecule has 1 aromatic rings. The minimum atomic E-state index is -1.01. The number of benzene rings is 1. The Hall–Kier alpha value is -2.08. The van der Waals surface area contributed by atoms with Crippen LogP contribution in [0.5, 0.6) is 5.75 Å². The highest BCUT2D eigenvalue weighted by Crippen LogP contribution is 2.25. The van der Waals surface area contributed by atoms with Crippen LogP contribution in [0.15, 0.2) is 24.3 Å². The molecule has 0 radical (unpaired) electrons. The predicted molar refractivity (Wildman–Crippen MR) is 75.7 cm³/mol. The molecule has 0 aromatic heterocycles. The van der Waals surface area contributed by atoms with Crippen LogP contribution in [0, 0.1) is 0 Å². The fourth-order valence-corrected chi connectivity index (χ4v) is 1.92. The number of hydrogen-bond donors (Lipinski definition) is 2. The zero-order chi connectivity index (χ0) is 15.7. The molecule has 116 valence electrons. The Morgan fingerprint density at radius 3 is 2.29 bits per heavy atom. The van der Waals surface area contributed by atoms with Crippen LogP contribution in [0.3, 0.4) is 0 Å². The molecule has 1 unspecified atom stereocenters. The predicted octanol–water partition coefficient (Wildman–Crippen LogP) is 2.13. The monoisotopic (exact) mass is 296 g/mol. The highest BCUT2D eigenvalue weighted by atomic mass is 16.5. The second-order valence-corrected chi connectivity index (χ2v) is 4.57.